The Labute approximate surface area is 130 Å². The van der Waals surface area contributed by atoms with Crippen LogP contribution in [0.3, 0.4) is 0 Å². The van der Waals surface area contributed by atoms with Crippen LogP contribution in [-0.2, 0) is 4.74 Å². The topological polar surface area (TPSA) is 21.3 Å². The van der Waals surface area contributed by atoms with E-state index in [-0.39, 0.29) is 0 Å². The van der Waals surface area contributed by atoms with Gasteiger partial charge in [-0.2, -0.15) is 0 Å². The highest BCUT2D eigenvalue weighted by atomic mass is 16.5. The van der Waals surface area contributed by atoms with Gasteiger partial charge in [0.15, 0.2) is 0 Å². The van der Waals surface area contributed by atoms with Crippen LogP contribution in [0.1, 0.15) is 68.2 Å². The Hall–Kier alpha value is -0.860. The van der Waals surface area contributed by atoms with E-state index in [1.54, 1.807) is 0 Å². The molecule has 1 atom stereocenters. The SMILES string of the molecule is CCCNC(COC1CCCCC1)c1ccc(C)c(C)c1. The van der Waals surface area contributed by atoms with Crippen molar-refractivity contribution in [2.75, 3.05) is 13.2 Å². The van der Waals surface area contributed by atoms with E-state index in [1.807, 2.05) is 0 Å². The molecule has 2 rings (SSSR count). The average Bonchev–Trinajstić information content (AvgIpc) is 2.51. The molecule has 118 valence electrons. The molecule has 0 heterocycles. The number of nitrogens with one attached hydrogen (secondary N) is 1. The van der Waals surface area contributed by atoms with Crippen LogP contribution in [0.25, 0.3) is 0 Å². The summed E-state index contributed by atoms with van der Waals surface area (Å²) in [6.07, 6.45) is 8.18. The molecule has 0 aromatic heterocycles. The summed E-state index contributed by atoms with van der Waals surface area (Å²) < 4.78 is 6.20. The van der Waals surface area contributed by atoms with Gasteiger partial charge in [-0.1, -0.05) is 44.4 Å². The molecule has 2 nitrogen and oxygen atoms in total. The molecule has 0 aliphatic heterocycles. The first-order valence-corrected chi connectivity index (χ1v) is 8.63. The van der Waals surface area contributed by atoms with Gasteiger partial charge in [0.2, 0.25) is 0 Å². The number of benzene rings is 1. The number of hydrogen-bond acceptors (Lipinski definition) is 2. The Balaban J connectivity index is 1.97. The summed E-state index contributed by atoms with van der Waals surface area (Å²) in [6.45, 7) is 8.43. The lowest BCUT2D eigenvalue weighted by molar-refractivity contribution is 0.0156. The Morgan fingerprint density at radius 1 is 1.14 bits per heavy atom. The maximum absolute atomic E-state index is 6.20. The zero-order chi connectivity index (χ0) is 15.1. The maximum Gasteiger partial charge on any atom is 0.0665 e. The second-order valence-electron chi connectivity index (χ2n) is 6.44. The first kappa shape index (κ1) is 16.5. The lowest BCUT2D eigenvalue weighted by atomic mass is 9.97. The van der Waals surface area contributed by atoms with Crippen molar-refractivity contribution in [3.63, 3.8) is 0 Å². The van der Waals surface area contributed by atoms with Crippen LogP contribution in [-0.4, -0.2) is 19.3 Å². The van der Waals surface area contributed by atoms with Crippen LogP contribution in [0.2, 0.25) is 0 Å². The molecule has 0 bridgehead atoms. The zero-order valence-corrected chi connectivity index (χ0v) is 14.0. The lowest BCUT2D eigenvalue weighted by Crippen LogP contribution is -2.29. The van der Waals surface area contributed by atoms with Crippen molar-refractivity contribution < 1.29 is 4.74 Å². The van der Waals surface area contributed by atoms with Gasteiger partial charge in [0, 0.05) is 0 Å². The molecular weight excluding hydrogens is 258 g/mol. The summed E-state index contributed by atoms with van der Waals surface area (Å²) in [5.41, 5.74) is 4.09. The van der Waals surface area contributed by atoms with Gasteiger partial charge in [-0.25, -0.2) is 0 Å². The minimum atomic E-state index is 0.325. The molecular formula is C19H31NO. The second kappa shape index (κ2) is 8.55. The van der Waals surface area contributed by atoms with E-state index >= 15 is 0 Å². The molecule has 1 aliphatic carbocycles. The van der Waals surface area contributed by atoms with Gasteiger partial charge in [-0.05, 0) is 56.3 Å². The Kier molecular flexibility index (Phi) is 6.72. The van der Waals surface area contributed by atoms with Gasteiger partial charge in [0.25, 0.3) is 0 Å². The first-order valence-electron chi connectivity index (χ1n) is 8.63. The molecule has 0 amide bonds. The fourth-order valence-corrected chi connectivity index (χ4v) is 3.04. The molecule has 21 heavy (non-hydrogen) atoms. The highest BCUT2D eigenvalue weighted by molar-refractivity contribution is 5.31. The molecule has 1 saturated carbocycles. The van der Waals surface area contributed by atoms with Gasteiger partial charge in [-0.15, -0.1) is 0 Å². The number of aryl methyl sites for hydroxylation is 2. The van der Waals surface area contributed by atoms with Crippen molar-refractivity contribution >= 4 is 0 Å². The second-order valence-corrected chi connectivity index (χ2v) is 6.44. The van der Waals surface area contributed by atoms with Crippen molar-refractivity contribution in [3.05, 3.63) is 34.9 Å². The highest BCUT2D eigenvalue weighted by Gasteiger charge is 2.17. The van der Waals surface area contributed by atoms with E-state index in [0.717, 1.165) is 19.6 Å². The van der Waals surface area contributed by atoms with Gasteiger partial charge < -0.3 is 10.1 Å². The number of hydrogen-bond donors (Lipinski definition) is 1. The van der Waals surface area contributed by atoms with Crippen LogP contribution in [0.4, 0.5) is 0 Å². The third-order valence-electron chi connectivity index (χ3n) is 4.62. The summed E-state index contributed by atoms with van der Waals surface area (Å²) in [7, 11) is 0. The van der Waals surface area contributed by atoms with Crippen molar-refractivity contribution in [1.82, 2.24) is 5.32 Å². The molecule has 0 radical (unpaired) electrons. The first-order chi connectivity index (χ1) is 10.2. The van der Waals surface area contributed by atoms with Gasteiger partial charge in [0.1, 0.15) is 0 Å². The summed E-state index contributed by atoms with van der Waals surface area (Å²) in [6, 6.07) is 7.12. The third kappa shape index (κ3) is 5.12. The van der Waals surface area contributed by atoms with Gasteiger partial charge in [0.05, 0.1) is 18.8 Å². The van der Waals surface area contributed by atoms with Gasteiger partial charge in [-0.3, -0.25) is 0 Å². The van der Waals surface area contributed by atoms with Crippen LogP contribution < -0.4 is 5.32 Å². The van der Waals surface area contributed by atoms with Gasteiger partial charge >= 0.3 is 0 Å². The minimum Gasteiger partial charge on any atom is -0.376 e. The molecule has 2 heteroatoms. The van der Waals surface area contributed by atoms with E-state index < -0.39 is 0 Å². The fraction of sp³-hybridized carbons (Fsp3) is 0.684. The molecule has 1 aromatic carbocycles. The quantitative estimate of drug-likeness (QED) is 0.786. The van der Waals surface area contributed by atoms with Crippen LogP contribution >= 0.6 is 0 Å². The molecule has 1 fully saturated rings. The summed E-state index contributed by atoms with van der Waals surface area (Å²) in [5, 5.41) is 3.65. The van der Waals surface area contributed by atoms with E-state index in [2.05, 4.69) is 44.3 Å². The Morgan fingerprint density at radius 3 is 2.57 bits per heavy atom. The average molecular weight is 289 g/mol. The standard InChI is InChI=1S/C19H31NO/c1-4-12-20-19(14-21-18-8-6-5-7-9-18)17-11-10-15(2)16(3)13-17/h10-11,13,18-20H,4-9,12,14H2,1-3H3. The zero-order valence-electron chi connectivity index (χ0n) is 14.0. The summed E-state index contributed by atoms with van der Waals surface area (Å²) in [4.78, 5) is 0. The fourth-order valence-electron chi connectivity index (χ4n) is 3.04. The predicted molar refractivity (Wildman–Crippen MR) is 89.8 cm³/mol. The smallest absolute Gasteiger partial charge is 0.0665 e. The van der Waals surface area contributed by atoms with Crippen LogP contribution in [0, 0.1) is 13.8 Å². The minimum absolute atomic E-state index is 0.325. The molecule has 1 aliphatic rings. The van der Waals surface area contributed by atoms with Crippen molar-refractivity contribution in [1.29, 1.82) is 0 Å². The molecule has 1 unspecified atom stereocenters. The van der Waals surface area contributed by atoms with E-state index in [1.165, 1.54) is 48.8 Å². The predicted octanol–water partition coefficient (Wildman–Crippen LogP) is 4.69. The summed E-state index contributed by atoms with van der Waals surface area (Å²) in [5.74, 6) is 0. The monoisotopic (exact) mass is 289 g/mol. The lowest BCUT2D eigenvalue weighted by Gasteiger charge is -2.26. The number of rotatable bonds is 7. The third-order valence-corrected chi connectivity index (χ3v) is 4.62. The molecule has 1 aromatic rings. The largest absolute Gasteiger partial charge is 0.376 e. The van der Waals surface area contributed by atoms with Crippen molar-refractivity contribution in [3.8, 4) is 0 Å². The van der Waals surface area contributed by atoms with Crippen molar-refractivity contribution in [2.45, 2.75) is 71.4 Å². The number of ether oxygens (including phenoxy) is 1. The molecule has 1 N–H and O–H groups in total. The van der Waals surface area contributed by atoms with E-state index in [9.17, 15) is 0 Å². The Morgan fingerprint density at radius 2 is 1.90 bits per heavy atom. The Bertz CT molecular complexity index is 424. The maximum atomic E-state index is 6.20. The van der Waals surface area contributed by atoms with Crippen LogP contribution in [0.15, 0.2) is 18.2 Å². The molecule has 0 saturated heterocycles. The van der Waals surface area contributed by atoms with Crippen LogP contribution in [0.5, 0.6) is 0 Å². The molecule has 0 spiro atoms. The highest BCUT2D eigenvalue weighted by Crippen LogP contribution is 2.23. The summed E-state index contributed by atoms with van der Waals surface area (Å²) >= 11 is 0. The van der Waals surface area contributed by atoms with E-state index in [0.29, 0.717) is 12.1 Å². The normalized spacial score (nSPS) is 17.9. The van der Waals surface area contributed by atoms with E-state index in [4.69, 9.17) is 4.74 Å². The van der Waals surface area contributed by atoms with Crippen molar-refractivity contribution in [2.24, 2.45) is 0 Å².